The van der Waals surface area contributed by atoms with Gasteiger partial charge in [-0.3, -0.25) is 9.13 Å². The summed E-state index contributed by atoms with van der Waals surface area (Å²) in [6.45, 7) is 0.192. The molecule has 0 aromatic heterocycles. The lowest BCUT2D eigenvalue weighted by Crippen LogP contribution is -2.42. The van der Waals surface area contributed by atoms with E-state index in [1.165, 1.54) is 0 Å². The number of rotatable bonds is 10. The molecule has 0 aliphatic heterocycles. The number of hydrogen-bond donors (Lipinski definition) is 7. The van der Waals surface area contributed by atoms with Gasteiger partial charge in [-0.1, -0.05) is 0 Å². The van der Waals surface area contributed by atoms with Crippen molar-refractivity contribution in [3.05, 3.63) is 0 Å². The topological polar surface area (TPSA) is 215 Å². The average Bonchev–Trinajstić information content (AvgIpc) is 2.48. The smallest absolute Gasteiger partial charge is 0.377 e. The first-order valence-corrected chi connectivity index (χ1v) is 11.9. The van der Waals surface area contributed by atoms with Crippen LogP contribution in [0.1, 0.15) is 12.8 Å². The highest BCUT2D eigenvalue weighted by molar-refractivity contribution is 7.72. The summed E-state index contributed by atoms with van der Waals surface area (Å²) in [6, 6.07) is 0.785. The summed E-state index contributed by atoms with van der Waals surface area (Å²) >= 11 is 0. The second-order valence-corrected chi connectivity index (χ2v) is 11.7. The largest absolute Gasteiger partial charge is 0.500 e. The Bertz CT molecular complexity index is 408. The highest BCUT2D eigenvalue weighted by Gasteiger charge is 2.58. The van der Waals surface area contributed by atoms with Gasteiger partial charge in [-0.25, -0.2) is 0 Å². The lowest BCUT2D eigenvalue weighted by atomic mass is 10.5. The van der Waals surface area contributed by atoms with Gasteiger partial charge in [-0.05, 0) is 19.5 Å². The van der Waals surface area contributed by atoms with Crippen molar-refractivity contribution in [3.8, 4) is 0 Å². The van der Waals surface area contributed by atoms with Crippen LogP contribution in [0, 0.1) is 0 Å². The van der Waals surface area contributed by atoms with E-state index in [1.807, 2.05) is 0 Å². The van der Waals surface area contributed by atoms with Gasteiger partial charge >= 0.3 is 24.0 Å². The van der Waals surface area contributed by atoms with E-state index in [1.54, 1.807) is 21.3 Å². The minimum Gasteiger partial charge on any atom is -0.377 e. The molecule has 0 aliphatic rings. The fraction of sp³-hybridized carbons (Fsp3) is 1.00. The highest BCUT2D eigenvalue weighted by atomic mass is 31.2. The molecule has 0 amide bonds. The number of nitrogens with two attached hydrogens (primary N) is 2. The fourth-order valence-electron chi connectivity index (χ4n) is 1.53. The number of aliphatic hydroxyl groups is 1. The second kappa shape index (κ2) is 11.1. The third-order valence-electron chi connectivity index (χ3n) is 3.03. The van der Waals surface area contributed by atoms with Crippen LogP contribution in [0.15, 0.2) is 0 Å². The Morgan fingerprint density at radius 3 is 1.46 bits per heavy atom. The van der Waals surface area contributed by atoms with Crippen LogP contribution < -0.4 is 11.5 Å². The fourth-order valence-corrected chi connectivity index (χ4v) is 5.48. The van der Waals surface area contributed by atoms with Gasteiger partial charge in [0.25, 0.3) is 5.08 Å². The minimum absolute atomic E-state index is 0.452. The molecule has 148 valence electrons. The van der Waals surface area contributed by atoms with Crippen molar-refractivity contribution in [2.24, 2.45) is 11.5 Å². The summed E-state index contributed by atoms with van der Waals surface area (Å²) in [5.41, 5.74) is 10.2. The molecule has 12 nitrogen and oxygen atoms in total. The molecule has 0 unspecified atom stereocenters. The standard InChI is InChI=1S/C6H17NO3Si.C3H11NO7P2/c1-8-11(9-2,10-3)6-4-5-7;4-2-1-3(5,12(6,7)8)13(9,10)11/h4-7H2,1-3H3;5H,1-2,4H2,(H2,6,7,8)(H2,9,10,11). The molecule has 0 saturated heterocycles. The third-order valence-corrected chi connectivity index (χ3v) is 9.74. The minimum atomic E-state index is -5.31. The van der Waals surface area contributed by atoms with Gasteiger partial charge in [0, 0.05) is 33.8 Å². The molecule has 0 atom stereocenters. The van der Waals surface area contributed by atoms with E-state index in [4.69, 9.17) is 49.4 Å². The molecule has 0 rings (SSSR count). The van der Waals surface area contributed by atoms with Crippen molar-refractivity contribution < 1.29 is 47.1 Å². The summed E-state index contributed by atoms with van der Waals surface area (Å²) in [6.07, 6.45) is 0.00327. The highest BCUT2D eigenvalue weighted by Crippen LogP contribution is 2.68. The summed E-state index contributed by atoms with van der Waals surface area (Å²) in [5, 5.41) is 5.71. The quantitative estimate of drug-likeness (QED) is 0.161. The zero-order chi connectivity index (χ0) is 19.7. The first-order chi connectivity index (χ1) is 10.8. The van der Waals surface area contributed by atoms with Crippen LogP contribution in [0.25, 0.3) is 0 Å². The van der Waals surface area contributed by atoms with Crippen molar-refractivity contribution in [1.29, 1.82) is 0 Å². The van der Waals surface area contributed by atoms with Gasteiger partial charge in [-0.2, -0.15) is 0 Å². The van der Waals surface area contributed by atoms with E-state index in [-0.39, 0.29) is 0 Å². The Hall–Kier alpha value is 0.277. The van der Waals surface area contributed by atoms with Crippen LogP contribution in [0.5, 0.6) is 0 Å². The molecular formula is C9H28N2O10P2Si. The monoisotopic (exact) mass is 414 g/mol. The first kappa shape index (κ1) is 26.5. The van der Waals surface area contributed by atoms with Crippen LogP contribution in [-0.2, 0) is 22.4 Å². The predicted molar refractivity (Wildman–Crippen MR) is 88.0 cm³/mol. The van der Waals surface area contributed by atoms with Crippen molar-refractivity contribution in [1.82, 2.24) is 0 Å². The Labute approximate surface area is 141 Å². The van der Waals surface area contributed by atoms with E-state index < -0.39 is 42.0 Å². The van der Waals surface area contributed by atoms with Crippen LogP contribution in [0.2, 0.25) is 6.04 Å². The molecule has 0 radical (unpaired) electrons. The lowest BCUT2D eigenvalue weighted by Gasteiger charge is -2.28. The molecule has 0 aliphatic carbocycles. The molecule has 0 aromatic carbocycles. The summed E-state index contributed by atoms with van der Waals surface area (Å²) < 4.78 is 36.7. The van der Waals surface area contributed by atoms with Crippen LogP contribution in [-0.4, -0.2) is 73.0 Å². The maximum Gasteiger partial charge on any atom is 0.500 e. The van der Waals surface area contributed by atoms with E-state index >= 15 is 0 Å². The number of hydrogen-bond acceptors (Lipinski definition) is 8. The van der Waals surface area contributed by atoms with E-state index in [9.17, 15) is 9.13 Å². The first-order valence-electron chi connectivity index (χ1n) is 6.70. The summed E-state index contributed by atoms with van der Waals surface area (Å²) in [5.74, 6) is 0. The zero-order valence-corrected chi connectivity index (χ0v) is 16.7. The predicted octanol–water partition coefficient (Wildman–Crippen LogP) is -1.45. The normalized spacial score (nSPS) is 13.4. The lowest BCUT2D eigenvalue weighted by molar-refractivity contribution is 0.123. The van der Waals surface area contributed by atoms with Gasteiger partial charge in [0.05, 0.1) is 0 Å². The van der Waals surface area contributed by atoms with E-state index in [2.05, 4.69) is 0 Å². The van der Waals surface area contributed by atoms with Gasteiger partial charge in [0.1, 0.15) is 0 Å². The SMILES string of the molecule is CO[Si](CCCN)(OC)OC.NCCC(O)(P(=O)(O)O)P(=O)(O)O. The molecule has 0 spiro atoms. The molecule has 0 fully saturated rings. The maximum absolute atomic E-state index is 10.6. The van der Waals surface area contributed by atoms with Gasteiger partial charge in [0.2, 0.25) is 0 Å². The Morgan fingerprint density at radius 2 is 1.29 bits per heavy atom. The van der Waals surface area contributed by atoms with Crippen LogP contribution in [0.3, 0.4) is 0 Å². The Morgan fingerprint density at radius 1 is 0.917 bits per heavy atom. The maximum atomic E-state index is 10.6. The molecule has 0 bridgehead atoms. The van der Waals surface area contributed by atoms with Crippen LogP contribution >= 0.6 is 15.2 Å². The Balaban J connectivity index is 0. The third kappa shape index (κ3) is 7.66. The van der Waals surface area contributed by atoms with Crippen molar-refractivity contribution in [2.45, 2.75) is 24.0 Å². The van der Waals surface area contributed by atoms with E-state index in [0.717, 1.165) is 12.5 Å². The van der Waals surface area contributed by atoms with E-state index in [0.29, 0.717) is 6.54 Å². The molecule has 0 heterocycles. The zero-order valence-electron chi connectivity index (χ0n) is 13.9. The van der Waals surface area contributed by atoms with Crippen molar-refractivity contribution in [2.75, 3.05) is 34.4 Å². The summed E-state index contributed by atoms with van der Waals surface area (Å²) in [4.78, 5) is 34.1. The molecule has 24 heavy (non-hydrogen) atoms. The van der Waals surface area contributed by atoms with Crippen molar-refractivity contribution in [3.63, 3.8) is 0 Å². The van der Waals surface area contributed by atoms with Gasteiger partial charge in [0.15, 0.2) is 0 Å². The molecular weight excluding hydrogens is 386 g/mol. The molecule has 15 heteroatoms. The Kier molecular flexibility index (Phi) is 12.2. The van der Waals surface area contributed by atoms with Gasteiger partial charge < -0.3 is 49.4 Å². The van der Waals surface area contributed by atoms with Gasteiger partial charge in [-0.15, -0.1) is 0 Å². The molecule has 9 N–H and O–H groups in total. The van der Waals surface area contributed by atoms with Crippen molar-refractivity contribution >= 4 is 24.0 Å². The van der Waals surface area contributed by atoms with Crippen LogP contribution in [0.4, 0.5) is 0 Å². The second-order valence-electron chi connectivity index (χ2n) is 4.59. The summed E-state index contributed by atoms with van der Waals surface area (Å²) in [7, 11) is -8.12. The average molecular weight is 414 g/mol. The molecule has 0 saturated carbocycles. The molecule has 0 aromatic rings.